The average Bonchev–Trinajstić information content (AvgIpc) is 2.10. The summed E-state index contributed by atoms with van der Waals surface area (Å²) >= 11 is 0. The first-order chi connectivity index (χ1) is 6.18. The highest BCUT2D eigenvalue weighted by atomic mass is 14.9. The van der Waals surface area contributed by atoms with Crippen LogP contribution in [0.1, 0.15) is 40.0 Å². The van der Waals surface area contributed by atoms with Gasteiger partial charge >= 0.3 is 0 Å². The Hall–Kier alpha value is -0.0800. The second-order valence-corrected chi connectivity index (χ2v) is 4.26. The van der Waals surface area contributed by atoms with E-state index in [4.69, 9.17) is 5.73 Å². The lowest BCUT2D eigenvalue weighted by atomic mass is 9.93. The van der Waals surface area contributed by atoms with Crippen molar-refractivity contribution in [3.05, 3.63) is 0 Å². The smallest absolute Gasteiger partial charge is 0.00745 e. The highest BCUT2D eigenvalue weighted by molar-refractivity contribution is 4.58. The fourth-order valence-corrected chi connectivity index (χ4v) is 1.28. The van der Waals surface area contributed by atoms with Crippen LogP contribution < -0.4 is 11.1 Å². The van der Waals surface area contributed by atoms with E-state index in [1.165, 1.54) is 19.3 Å². The Bertz CT molecular complexity index is 102. The summed E-state index contributed by atoms with van der Waals surface area (Å²) in [5.41, 5.74) is 5.37. The highest BCUT2D eigenvalue weighted by Gasteiger charge is 2.05. The molecule has 2 heteroatoms. The van der Waals surface area contributed by atoms with E-state index in [0.29, 0.717) is 0 Å². The number of nitrogens with two attached hydrogens (primary N) is 1. The lowest BCUT2D eigenvalue weighted by Gasteiger charge is -2.14. The van der Waals surface area contributed by atoms with Crippen LogP contribution in [0, 0.1) is 11.8 Å². The second kappa shape index (κ2) is 8.52. The molecule has 0 rings (SSSR count). The number of hydrogen-bond donors (Lipinski definition) is 2. The molecule has 0 fully saturated rings. The van der Waals surface area contributed by atoms with Crippen molar-refractivity contribution < 1.29 is 0 Å². The van der Waals surface area contributed by atoms with Crippen LogP contribution in [0.25, 0.3) is 0 Å². The van der Waals surface area contributed by atoms with Gasteiger partial charge in [0.2, 0.25) is 0 Å². The molecule has 0 aromatic heterocycles. The minimum Gasteiger partial charge on any atom is -0.329 e. The van der Waals surface area contributed by atoms with Gasteiger partial charge in [0.05, 0.1) is 0 Å². The zero-order chi connectivity index (χ0) is 10.1. The lowest BCUT2D eigenvalue weighted by Crippen LogP contribution is -2.23. The molecule has 0 aromatic rings. The van der Waals surface area contributed by atoms with E-state index in [2.05, 4.69) is 26.1 Å². The van der Waals surface area contributed by atoms with Gasteiger partial charge in [0, 0.05) is 13.1 Å². The van der Waals surface area contributed by atoms with Crippen LogP contribution in [0.5, 0.6) is 0 Å². The molecule has 2 nitrogen and oxygen atoms in total. The monoisotopic (exact) mass is 186 g/mol. The molecule has 0 spiro atoms. The van der Waals surface area contributed by atoms with Crippen molar-refractivity contribution in [3.63, 3.8) is 0 Å². The normalized spacial score (nSPS) is 13.6. The maximum Gasteiger partial charge on any atom is 0.00745 e. The van der Waals surface area contributed by atoms with Crippen molar-refractivity contribution in [1.82, 2.24) is 5.32 Å². The summed E-state index contributed by atoms with van der Waals surface area (Å²) in [4.78, 5) is 0. The van der Waals surface area contributed by atoms with Crippen LogP contribution in [0.3, 0.4) is 0 Å². The van der Waals surface area contributed by atoms with Gasteiger partial charge in [-0.1, -0.05) is 33.6 Å². The largest absolute Gasteiger partial charge is 0.329 e. The summed E-state index contributed by atoms with van der Waals surface area (Å²) in [6, 6.07) is 0. The molecule has 0 bridgehead atoms. The summed E-state index contributed by atoms with van der Waals surface area (Å²) in [6.07, 6.45) is 4.00. The third kappa shape index (κ3) is 8.26. The van der Waals surface area contributed by atoms with E-state index in [1.54, 1.807) is 0 Å². The molecule has 0 radical (unpaired) electrons. The Morgan fingerprint density at radius 3 is 2.31 bits per heavy atom. The predicted octanol–water partition coefficient (Wildman–Crippen LogP) is 2.00. The third-order valence-electron chi connectivity index (χ3n) is 2.72. The maximum absolute atomic E-state index is 5.37. The van der Waals surface area contributed by atoms with Gasteiger partial charge in [0.15, 0.2) is 0 Å². The third-order valence-corrected chi connectivity index (χ3v) is 2.72. The molecule has 13 heavy (non-hydrogen) atoms. The zero-order valence-corrected chi connectivity index (χ0v) is 9.47. The second-order valence-electron chi connectivity index (χ2n) is 4.26. The van der Waals surface area contributed by atoms with Crippen molar-refractivity contribution in [3.8, 4) is 0 Å². The van der Waals surface area contributed by atoms with Gasteiger partial charge in [-0.05, 0) is 24.8 Å². The predicted molar refractivity (Wildman–Crippen MR) is 59.8 cm³/mol. The number of hydrogen-bond acceptors (Lipinski definition) is 2. The van der Waals surface area contributed by atoms with Crippen molar-refractivity contribution in [1.29, 1.82) is 0 Å². The molecule has 0 aliphatic heterocycles. The molecule has 0 aliphatic carbocycles. The van der Waals surface area contributed by atoms with Gasteiger partial charge in [0.25, 0.3) is 0 Å². The van der Waals surface area contributed by atoms with Gasteiger partial charge in [0.1, 0.15) is 0 Å². The first-order valence-electron chi connectivity index (χ1n) is 5.59. The fraction of sp³-hybridized carbons (Fsp3) is 1.00. The van der Waals surface area contributed by atoms with Crippen molar-refractivity contribution in [2.75, 3.05) is 19.6 Å². The molecule has 0 heterocycles. The Labute approximate surface area is 83.3 Å². The number of rotatable bonds is 8. The van der Waals surface area contributed by atoms with Gasteiger partial charge in [-0.2, -0.15) is 0 Å². The van der Waals surface area contributed by atoms with Gasteiger partial charge < -0.3 is 11.1 Å². The minimum atomic E-state index is 0.752. The summed E-state index contributed by atoms with van der Waals surface area (Å²) in [5.74, 6) is 1.70. The van der Waals surface area contributed by atoms with Crippen molar-refractivity contribution >= 4 is 0 Å². The summed E-state index contributed by atoms with van der Waals surface area (Å²) in [7, 11) is 0. The van der Waals surface area contributed by atoms with Crippen LogP contribution in [-0.2, 0) is 0 Å². The molecule has 1 unspecified atom stereocenters. The maximum atomic E-state index is 5.37. The molecule has 80 valence electrons. The molecule has 3 N–H and O–H groups in total. The van der Waals surface area contributed by atoms with E-state index in [0.717, 1.165) is 31.5 Å². The minimum absolute atomic E-state index is 0.752. The first kappa shape index (κ1) is 12.9. The highest BCUT2D eigenvalue weighted by Crippen LogP contribution is 2.16. The van der Waals surface area contributed by atoms with Crippen molar-refractivity contribution in [2.45, 2.75) is 40.0 Å². The van der Waals surface area contributed by atoms with Crippen LogP contribution in [0.15, 0.2) is 0 Å². The molecule has 1 atom stereocenters. The SMILES string of the molecule is CC(C)C(C)CCCCNCCN. The lowest BCUT2D eigenvalue weighted by molar-refractivity contribution is 0.376. The van der Waals surface area contributed by atoms with Gasteiger partial charge in [-0.25, -0.2) is 0 Å². The fourth-order valence-electron chi connectivity index (χ4n) is 1.28. The van der Waals surface area contributed by atoms with Crippen LogP contribution >= 0.6 is 0 Å². The van der Waals surface area contributed by atoms with E-state index >= 15 is 0 Å². The number of nitrogens with one attached hydrogen (secondary N) is 1. The Balaban J connectivity index is 3.07. The summed E-state index contributed by atoms with van der Waals surface area (Å²) in [5, 5.41) is 3.31. The average molecular weight is 186 g/mol. The van der Waals surface area contributed by atoms with Crippen LogP contribution in [0.4, 0.5) is 0 Å². The molecule has 0 saturated carbocycles. The molecule has 0 saturated heterocycles. The van der Waals surface area contributed by atoms with Gasteiger partial charge in [-0.15, -0.1) is 0 Å². The van der Waals surface area contributed by atoms with E-state index < -0.39 is 0 Å². The quantitative estimate of drug-likeness (QED) is 0.569. The summed E-state index contributed by atoms with van der Waals surface area (Å²) < 4.78 is 0. The van der Waals surface area contributed by atoms with Crippen molar-refractivity contribution in [2.24, 2.45) is 17.6 Å². The van der Waals surface area contributed by atoms with Crippen LogP contribution in [-0.4, -0.2) is 19.6 Å². The Kier molecular flexibility index (Phi) is 8.46. The zero-order valence-electron chi connectivity index (χ0n) is 9.47. The van der Waals surface area contributed by atoms with E-state index in [1.807, 2.05) is 0 Å². The summed E-state index contributed by atoms with van der Waals surface area (Å²) in [6.45, 7) is 9.79. The Morgan fingerprint density at radius 1 is 1.08 bits per heavy atom. The van der Waals surface area contributed by atoms with E-state index in [-0.39, 0.29) is 0 Å². The molecular weight excluding hydrogens is 160 g/mol. The standard InChI is InChI=1S/C11H26N2/c1-10(2)11(3)6-4-5-8-13-9-7-12/h10-11,13H,4-9,12H2,1-3H3. The van der Waals surface area contributed by atoms with Crippen LogP contribution in [0.2, 0.25) is 0 Å². The first-order valence-corrected chi connectivity index (χ1v) is 5.59. The molecule has 0 aliphatic rings. The van der Waals surface area contributed by atoms with E-state index in [9.17, 15) is 0 Å². The molecule has 0 amide bonds. The topological polar surface area (TPSA) is 38.0 Å². The number of unbranched alkanes of at least 4 members (excludes halogenated alkanes) is 1. The Morgan fingerprint density at radius 2 is 1.77 bits per heavy atom. The molecular formula is C11H26N2. The molecule has 0 aromatic carbocycles. The van der Waals surface area contributed by atoms with Gasteiger partial charge in [-0.3, -0.25) is 0 Å².